The van der Waals surface area contributed by atoms with E-state index in [1.807, 2.05) is 18.3 Å². The maximum absolute atomic E-state index is 10.7. The minimum Gasteiger partial charge on any atom is -0.368 e. The van der Waals surface area contributed by atoms with Crippen molar-refractivity contribution in [2.24, 2.45) is 5.73 Å². The highest BCUT2D eigenvalue weighted by Crippen LogP contribution is 2.33. The van der Waals surface area contributed by atoms with Crippen molar-refractivity contribution in [1.82, 2.24) is 26.1 Å². The molecule has 1 aromatic heterocycles. The van der Waals surface area contributed by atoms with Crippen LogP contribution in [0.1, 0.15) is 56.4 Å². The van der Waals surface area contributed by atoms with E-state index >= 15 is 0 Å². The number of rotatable bonds is 9. The molecule has 214 valence electrons. The first-order valence-corrected chi connectivity index (χ1v) is 14.5. The number of anilines is 3. The van der Waals surface area contributed by atoms with Crippen LogP contribution in [-0.4, -0.2) is 80.6 Å². The van der Waals surface area contributed by atoms with Gasteiger partial charge in [-0.05, 0) is 49.3 Å². The van der Waals surface area contributed by atoms with Crippen molar-refractivity contribution in [3.8, 4) is 0 Å². The van der Waals surface area contributed by atoms with Crippen molar-refractivity contribution >= 4 is 29.4 Å². The van der Waals surface area contributed by atoms with Crippen molar-refractivity contribution in [3.63, 3.8) is 0 Å². The summed E-state index contributed by atoms with van der Waals surface area (Å²) in [4.78, 5) is 27.0. The van der Waals surface area contributed by atoms with Gasteiger partial charge in [0, 0.05) is 63.8 Å². The molecule has 2 atom stereocenters. The minimum atomic E-state index is -0.276. The number of nitrogens with one attached hydrogen (secondary N) is 5. The average Bonchev–Trinajstić information content (AvgIpc) is 3.43. The second kappa shape index (κ2) is 15.0. The van der Waals surface area contributed by atoms with Gasteiger partial charge in [-0.2, -0.15) is 0 Å². The highest BCUT2D eigenvalue weighted by atomic mass is 16.1. The number of carbonyl (C=O) groups is 2. The summed E-state index contributed by atoms with van der Waals surface area (Å²) in [5.74, 6) is 1.61. The number of nitrogens with two attached hydrogens (primary N) is 1. The first-order chi connectivity index (χ1) is 19.0. The van der Waals surface area contributed by atoms with E-state index in [0.29, 0.717) is 19.1 Å². The zero-order valence-corrected chi connectivity index (χ0v) is 23.3. The van der Waals surface area contributed by atoms with Gasteiger partial charge in [-0.25, -0.2) is 5.01 Å². The summed E-state index contributed by atoms with van der Waals surface area (Å²) < 4.78 is 0. The van der Waals surface area contributed by atoms with Crippen molar-refractivity contribution in [1.29, 1.82) is 0 Å². The van der Waals surface area contributed by atoms with Gasteiger partial charge in [-0.1, -0.05) is 31.4 Å². The molecule has 10 nitrogen and oxygen atoms in total. The average molecular weight is 539 g/mol. The van der Waals surface area contributed by atoms with E-state index in [0.717, 1.165) is 68.4 Å². The molecule has 1 aliphatic carbocycles. The van der Waals surface area contributed by atoms with E-state index in [1.54, 1.807) is 0 Å². The lowest BCUT2D eigenvalue weighted by molar-refractivity contribution is -0.120. The Labute approximate surface area is 232 Å². The molecule has 7 N–H and O–H groups in total. The standard InChI is InChI=1S/C24H35N5O.C5H11N3O/c1-28(14-15-30)27-22-8-5-13-29(18-22)24-16-23(17-25-24)26-21-11-9-20(10-12-21)19-6-3-2-4-7-19;6-5(9)4-3-7-1-2-8-4/h9-12,15-17,19,22,25-27H,2-8,13-14,18H2,1H3;4,7-8H,1-3H2,(H2,6,9)/t22-;/m1./s1. The van der Waals surface area contributed by atoms with Crippen molar-refractivity contribution < 1.29 is 9.59 Å². The lowest BCUT2D eigenvalue weighted by atomic mass is 9.84. The SMILES string of the molecule is CN(CC=O)N[C@@H]1CCCN(c2cc(Nc3ccc(C4CCCCC4)cc3)c[nH]2)C1.NC(=O)C1CNCCN1. The smallest absolute Gasteiger partial charge is 0.235 e. The third kappa shape index (κ3) is 9.06. The summed E-state index contributed by atoms with van der Waals surface area (Å²) in [5.41, 5.74) is 12.2. The van der Waals surface area contributed by atoms with Crippen LogP contribution in [0.15, 0.2) is 36.5 Å². The summed E-state index contributed by atoms with van der Waals surface area (Å²) >= 11 is 0. The normalized spacial score (nSPS) is 22.2. The molecule has 3 fully saturated rings. The van der Waals surface area contributed by atoms with Crippen LogP contribution in [0.25, 0.3) is 0 Å². The molecule has 1 amide bonds. The number of primary amides is 1. The summed E-state index contributed by atoms with van der Waals surface area (Å²) in [6, 6.07) is 11.4. The zero-order valence-electron chi connectivity index (χ0n) is 23.3. The molecular formula is C29H46N8O2. The van der Waals surface area contributed by atoms with E-state index in [9.17, 15) is 9.59 Å². The van der Waals surface area contributed by atoms with Crippen LogP contribution in [-0.2, 0) is 9.59 Å². The van der Waals surface area contributed by atoms with Gasteiger partial charge in [0.05, 0.1) is 18.3 Å². The second-order valence-corrected chi connectivity index (χ2v) is 10.9. The summed E-state index contributed by atoms with van der Waals surface area (Å²) in [5, 5.41) is 11.4. The highest BCUT2D eigenvalue weighted by molar-refractivity contribution is 5.80. The number of piperidine rings is 1. The number of aldehydes is 1. The molecule has 2 saturated heterocycles. The van der Waals surface area contributed by atoms with Crippen LogP contribution >= 0.6 is 0 Å². The molecule has 10 heteroatoms. The van der Waals surface area contributed by atoms with Gasteiger partial charge in [0.15, 0.2) is 0 Å². The number of aromatic amines is 1. The molecule has 2 aromatic rings. The number of hydrazine groups is 1. The van der Waals surface area contributed by atoms with E-state index in [2.05, 4.69) is 61.6 Å². The van der Waals surface area contributed by atoms with Gasteiger partial charge in [0.2, 0.25) is 5.91 Å². The van der Waals surface area contributed by atoms with Gasteiger partial charge in [-0.15, -0.1) is 0 Å². The number of aromatic nitrogens is 1. The maximum atomic E-state index is 10.7. The Morgan fingerprint density at radius 2 is 1.90 bits per heavy atom. The van der Waals surface area contributed by atoms with Crippen LogP contribution in [0.4, 0.5) is 17.2 Å². The molecule has 0 spiro atoms. The Bertz CT molecular complexity index is 1010. The lowest BCUT2D eigenvalue weighted by Gasteiger charge is -2.35. The number of H-pyrrole nitrogens is 1. The first kappa shape index (κ1) is 29.1. The third-order valence-corrected chi connectivity index (χ3v) is 7.84. The number of nitrogens with zero attached hydrogens (tertiary/aromatic N) is 2. The topological polar surface area (TPSA) is 131 Å². The highest BCUT2D eigenvalue weighted by Gasteiger charge is 2.22. The molecule has 1 unspecified atom stereocenters. The molecule has 0 radical (unpaired) electrons. The van der Waals surface area contributed by atoms with E-state index in [-0.39, 0.29) is 11.9 Å². The Hall–Kier alpha value is -2.92. The van der Waals surface area contributed by atoms with E-state index < -0.39 is 0 Å². The minimum absolute atomic E-state index is 0.168. The van der Waals surface area contributed by atoms with Gasteiger partial charge < -0.3 is 36.4 Å². The number of hydrogen-bond acceptors (Lipinski definition) is 8. The Kier molecular flexibility index (Phi) is 11.2. The van der Waals surface area contributed by atoms with Crippen molar-refractivity contribution in [3.05, 3.63) is 42.1 Å². The van der Waals surface area contributed by atoms with E-state index in [4.69, 9.17) is 5.73 Å². The monoisotopic (exact) mass is 538 g/mol. The Balaban J connectivity index is 0.000000333. The van der Waals surface area contributed by atoms with Crippen LogP contribution in [0.3, 0.4) is 0 Å². The van der Waals surface area contributed by atoms with Crippen LogP contribution in [0.2, 0.25) is 0 Å². The van der Waals surface area contributed by atoms with Gasteiger partial charge in [0.25, 0.3) is 0 Å². The second-order valence-electron chi connectivity index (χ2n) is 10.9. The molecular weight excluding hydrogens is 492 g/mol. The van der Waals surface area contributed by atoms with Gasteiger partial charge in [-0.3, -0.25) is 10.2 Å². The predicted octanol–water partition coefficient (Wildman–Crippen LogP) is 2.44. The predicted molar refractivity (Wildman–Crippen MR) is 157 cm³/mol. The molecule has 3 heterocycles. The molecule has 1 aromatic carbocycles. The number of piperazine rings is 1. The maximum Gasteiger partial charge on any atom is 0.235 e. The molecule has 2 aliphatic heterocycles. The van der Waals surface area contributed by atoms with Crippen molar-refractivity contribution in [2.45, 2.75) is 62.9 Å². The largest absolute Gasteiger partial charge is 0.368 e. The van der Waals surface area contributed by atoms with Gasteiger partial charge in [0.1, 0.15) is 12.1 Å². The fraction of sp³-hybridized carbons (Fsp3) is 0.586. The Morgan fingerprint density at radius 1 is 1.10 bits per heavy atom. The number of benzene rings is 1. The number of amides is 1. The quantitative estimate of drug-likeness (QED) is 0.212. The zero-order chi connectivity index (χ0) is 27.5. The lowest BCUT2D eigenvalue weighted by Crippen LogP contribution is -2.54. The summed E-state index contributed by atoms with van der Waals surface area (Å²) in [6.07, 6.45) is 12.0. The fourth-order valence-corrected chi connectivity index (χ4v) is 5.71. The number of hydrogen-bond donors (Lipinski definition) is 6. The summed E-state index contributed by atoms with van der Waals surface area (Å²) in [6.45, 7) is 4.80. The molecule has 5 rings (SSSR count). The Morgan fingerprint density at radius 3 is 2.56 bits per heavy atom. The van der Waals surface area contributed by atoms with Crippen LogP contribution in [0, 0.1) is 0 Å². The molecule has 3 aliphatic rings. The van der Waals surface area contributed by atoms with Crippen LogP contribution in [0.5, 0.6) is 0 Å². The summed E-state index contributed by atoms with van der Waals surface area (Å²) in [7, 11) is 1.92. The van der Waals surface area contributed by atoms with Gasteiger partial charge >= 0.3 is 0 Å². The molecule has 0 bridgehead atoms. The molecule has 39 heavy (non-hydrogen) atoms. The van der Waals surface area contributed by atoms with Crippen molar-refractivity contribution in [2.75, 3.05) is 56.5 Å². The fourth-order valence-electron chi connectivity index (χ4n) is 5.71. The first-order valence-electron chi connectivity index (χ1n) is 14.5. The third-order valence-electron chi connectivity index (χ3n) is 7.84. The number of carbonyl (C=O) groups excluding carboxylic acids is 2. The van der Waals surface area contributed by atoms with E-state index in [1.165, 1.54) is 37.7 Å². The molecule has 1 saturated carbocycles. The van der Waals surface area contributed by atoms with Crippen LogP contribution < -0.4 is 32.0 Å². The number of likely N-dealkylation sites (N-methyl/N-ethyl adjacent to an activating group) is 1.